The molecule has 0 saturated carbocycles. The summed E-state index contributed by atoms with van der Waals surface area (Å²) in [5, 5.41) is 20.1. The zero-order valence-electron chi connectivity index (χ0n) is 17.3. The second kappa shape index (κ2) is 9.75. The topological polar surface area (TPSA) is 106 Å². The summed E-state index contributed by atoms with van der Waals surface area (Å²) in [6.45, 7) is 1.89. The average Bonchev–Trinajstić information content (AvgIpc) is 2.76. The predicted octanol–water partition coefficient (Wildman–Crippen LogP) is 4.61. The highest BCUT2D eigenvalue weighted by molar-refractivity contribution is 6.05. The Morgan fingerprint density at radius 3 is 2.32 bits per heavy atom. The number of methoxy groups -OCH3 is 1. The lowest BCUT2D eigenvalue weighted by Gasteiger charge is -2.15. The lowest BCUT2D eigenvalue weighted by atomic mass is 9.97. The predicted molar refractivity (Wildman–Crippen MR) is 114 cm³/mol. The lowest BCUT2D eigenvalue weighted by Crippen LogP contribution is -2.17. The molecule has 3 rings (SSSR count). The number of carbonyl (C=O) groups is 2. The summed E-state index contributed by atoms with van der Waals surface area (Å²) in [7, 11) is 1.16. The van der Waals surface area contributed by atoms with Gasteiger partial charge in [-0.1, -0.05) is 43.7 Å². The number of nitrogens with zero attached hydrogens (tertiary/aromatic N) is 1. The molecular formula is C24H23NO6. The van der Waals surface area contributed by atoms with Gasteiger partial charge in [0, 0.05) is 6.42 Å². The van der Waals surface area contributed by atoms with Gasteiger partial charge >= 0.3 is 11.9 Å². The normalized spacial score (nSPS) is 10.5. The highest BCUT2D eigenvalue weighted by atomic mass is 16.5. The van der Waals surface area contributed by atoms with E-state index in [9.17, 15) is 19.8 Å². The van der Waals surface area contributed by atoms with Crippen LogP contribution in [0.25, 0.3) is 0 Å². The van der Waals surface area contributed by atoms with Crippen LogP contribution in [0.4, 0.5) is 0 Å². The number of para-hydroxylation sites is 1. The number of pyridine rings is 1. The van der Waals surface area contributed by atoms with Crippen LogP contribution in [0.5, 0.6) is 17.2 Å². The van der Waals surface area contributed by atoms with Crippen LogP contribution >= 0.6 is 0 Å². The number of aryl methyl sites for hydroxylation is 1. The van der Waals surface area contributed by atoms with Gasteiger partial charge in [-0.05, 0) is 36.2 Å². The SMILES string of the molecule is CCCc1nc(Cc2cccc(Oc3ccccc3)c2)c(C(=O)OC)c(C(=O)O)c1O. The summed E-state index contributed by atoms with van der Waals surface area (Å²) in [4.78, 5) is 28.7. The molecule has 7 nitrogen and oxygen atoms in total. The van der Waals surface area contributed by atoms with Gasteiger partial charge in [-0.2, -0.15) is 0 Å². The Balaban J connectivity index is 2.05. The molecule has 1 heterocycles. The summed E-state index contributed by atoms with van der Waals surface area (Å²) in [5.74, 6) is -1.51. The van der Waals surface area contributed by atoms with Gasteiger partial charge in [-0.15, -0.1) is 0 Å². The van der Waals surface area contributed by atoms with Crippen molar-refractivity contribution in [2.24, 2.45) is 0 Å². The van der Waals surface area contributed by atoms with Crippen molar-refractivity contribution in [2.75, 3.05) is 7.11 Å². The van der Waals surface area contributed by atoms with Gasteiger partial charge < -0.3 is 19.7 Å². The average molecular weight is 421 g/mol. The van der Waals surface area contributed by atoms with E-state index in [2.05, 4.69) is 4.98 Å². The van der Waals surface area contributed by atoms with Crippen molar-refractivity contribution in [2.45, 2.75) is 26.2 Å². The first kappa shape index (κ1) is 21.8. The van der Waals surface area contributed by atoms with Crippen molar-refractivity contribution in [3.05, 3.63) is 82.7 Å². The number of esters is 1. The molecule has 0 radical (unpaired) electrons. The Labute approximate surface area is 179 Å². The summed E-state index contributed by atoms with van der Waals surface area (Å²) in [6.07, 6.45) is 1.18. The first-order chi connectivity index (χ1) is 14.9. The lowest BCUT2D eigenvalue weighted by molar-refractivity contribution is 0.0578. The molecule has 0 fully saturated rings. The smallest absolute Gasteiger partial charge is 0.340 e. The van der Waals surface area contributed by atoms with Crippen molar-refractivity contribution in [1.82, 2.24) is 4.98 Å². The van der Waals surface area contributed by atoms with E-state index in [1.54, 1.807) is 18.2 Å². The van der Waals surface area contributed by atoms with Crippen molar-refractivity contribution in [3.8, 4) is 17.2 Å². The molecule has 0 bridgehead atoms. The molecule has 0 atom stereocenters. The van der Waals surface area contributed by atoms with Crippen molar-refractivity contribution in [1.29, 1.82) is 0 Å². The Morgan fingerprint density at radius 1 is 0.968 bits per heavy atom. The largest absolute Gasteiger partial charge is 0.505 e. The standard InChI is InChI=1S/C24H23NO6/c1-3-8-18-22(26)21(23(27)28)20(24(29)30-2)19(25-18)14-15-9-7-12-17(13-15)31-16-10-5-4-6-11-16/h4-7,9-13,26H,3,8,14H2,1-2H3,(H,27,28). The van der Waals surface area contributed by atoms with Crippen LogP contribution in [0.1, 0.15) is 51.0 Å². The minimum absolute atomic E-state index is 0.160. The molecule has 0 amide bonds. The number of aromatic carboxylic acids is 1. The number of carboxylic acid groups (broad SMARTS) is 1. The Hall–Kier alpha value is -3.87. The number of aromatic nitrogens is 1. The highest BCUT2D eigenvalue weighted by Crippen LogP contribution is 2.31. The van der Waals surface area contributed by atoms with E-state index < -0.39 is 23.3 Å². The van der Waals surface area contributed by atoms with Gasteiger partial charge in [0.25, 0.3) is 0 Å². The fraction of sp³-hybridized carbons (Fsp3) is 0.208. The van der Waals surface area contributed by atoms with Crippen LogP contribution in [0.15, 0.2) is 54.6 Å². The highest BCUT2D eigenvalue weighted by Gasteiger charge is 2.29. The van der Waals surface area contributed by atoms with Gasteiger partial charge in [0.1, 0.15) is 17.1 Å². The molecule has 0 aliphatic carbocycles. The number of carbonyl (C=O) groups excluding carboxylic acids is 1. The van der Waals surface area contributed by atoms with Crippen LogP contribution in [-0.2, 0) is 17.6 Å². The maximum absolute atomic E-state index is 12.4. The van der Waals surface area contributed by atoms with Crippen LogP contribution in [0.3, 0.4) is 0 Å². The van der Waals surface area contributed by atoms with Gasteiger partial charge in [0.15, 0.2) is 5.75 Å². The molecule has 0 aliphatic rings. The molecule has 31 heavy (non-hydrogen) atoms. The molecular weight excluding hydrogens is 398 g/mol. The zero-order valence-corrected chi connectivity index (χ0v) is 17.3. The maximum Gasteiger partial charge on any atom is 0.340 e. The van der Waals surface area contributed by atoms with Crippen molar-refractivity contribution in [3.63, 3.8) is 0 Å². The van der Waals surface area contributed by atoms with E-state index in [1.165, 1.54) is 0 Å². The monoisotopic (exact) mass is 421 g/mol. The molecule has 2 aromatic carbocycles. The van der Waals surface area contributed by atoms with E-state index in [-0.39, 0.29) is 23.4 Å². The Kier molecular flexibility index (Phi) is 6.87. The van der Waals surface area contributed by atoms with E-state index >= 15 is 0 Å². The first-order valence-electron chi connectivity index (χ1n) is 9.82. The molecule has 2 N–H and O–H groups in total. The van der Waals surface area contributed by atoms with E-state index in [4.69, 9.17) is 9.47 Å². The molecule has 3 aromatic rings. The van der Waals surface area contributed by atoms with E-state index in [0.717, 1.165) is 12.7 Å². The zero-order chi connectivity index (χ0) is 22.4. The minimum atomic E-state index is -1.42. The molecule has 1 aromatic heterocycles. The quantitative estimate of drug-likeness (QED) is 0.512. The number of aromatic hydroxyl groups is 1. The second-order valence-electron chi connectivity index (χ2n) is 6.89. The number of benzene rings is 2. The number of ether oxygens (including phenoxy) is 2. The summed E-state index contributed by atoms with van der Waals surface area (Å²) in [5.41, 5.74) is 0.482. The third-order valence-electron chi connectivity index (χ3n) is 4.66. The molecule has 160 valence electrons. The fourth-order valence-electron chi connectivity index (χ4n) is 3.28. The van der Waals surface area contributed by atoms with E-state index in [0.29, 0.717) is 24.3 Å². The van der Waals surface area contributed by atoms with E-state index in [1.807, 2.05) is 43.3 Å². The maximum atomic E-state index is 12.4. The van der Waals surface area contributed by atoms with Crippen LogP contribution in [0.2, 0.25) is 0 Å². The van der Waals surface area contributed by atoms with Crippen molar-refractivity contribution < 1.29 is 29.3 Å². The summed E-state index contributed by atoms with van der Waals surface area (Å²) >= 11 is 0. The number of hydrogen-bond donors (Lipinski definition) is 2. The third kappa shape index (κ3) is 5.01. The number of rotatable bonds is 8. The number of carboxylic acids is 1. The molecule has 0 spiro atoms. The van der Waals surface area contributed by atoms with Gasteiger partial charge in [-0.25, -0.2) is 9.59 Å². The Morgan fingerprint density at radius 2 is 1.68 bits per heavy atom. The van der Waals surface area contributed by atoms with Crippen LogP contribution < -0.4 is 4.74 Å². The first-order valence-corrected chi connectivity index (χ1v) is 9.82. The molecule has 0 saturated heterocycles. The minimum Gasteiger partial charge on any atom is -0.505 e. The van der Waals surface area contributed by atoms with Gasteiger partial charge in [0.05, 0.1) is 24.1 Å². The van der Waals surface area contributed by atoms with Gasteiger partial charge in [-0.3, -0.25) is 4.98 Å². The molecule has 0 unspecified atom stereocenters. The fourth-order valence-corrected chi connectivity index (χ4v) is 3.28. The number of hydrogen-bond acceptors (Lipinski definition) is 6. The molecule has 7 heteroatoms. The molecule has 0 aliphatic heterocycles. The summed E-state index contributed by atoms with van der Waals surface area (Å²) < 4.78 is 10.6. The van der Waals surface area contributed by atoms with Gasteiger partial charge in [0.2, 0.25) is 0 Å². The summed E-state index contributed by atoms with van der Waals surface area (Å²) in [6, 6.07) is 16.5. The van der Waals surface area contributed by atoms with Crippen molar-refractivity contribution >= 4 is 11.9 Å². The van der Waals surface area contributed by atoms with Crippen LogP contribution in [0, 0.1) is 0 Å². The van der Waals surface area contributed by atoms with Crippen LogP contribution in [-0.4, -0.2) is 34.2 Å². The third-order valence-corrected chi connectivity index (χ3v) is 4.66. The second-order valence-corrected chi connectivity index (χ2v) is 6.89. The Bertz CT molecular complexity index is 1090.